The number of carbonyl (C=O) groups is 3. The number of carboxylic acids is 1. The first-order valence-electron chi connectivity index (χ1n) is 7.12. The zero-order valence-electron chi connectivity index (χ0n) is 12.9. The van der Waals surface area contributed by atoms with Crippen LogP contribution in [-0.2, 0) is 9.47 Å². The second kappa shape index (κ2) is 8.62. The molecule has 0 radical (unpaired) electrons. The molecule has 0 heterocycles. The number of phenolic OH excluding ortho intramolecular Hbond substituents is 1. The summed E-state index contributed by atoms with van der Waals surface area (Å²) in [5.41, 5.74) is -1.25. The lowest BCUT2D eigenvalue weighted by atomic mass is 10.0. The Morgan fingerprint density at radius 1 is 1.13 bits per heavy atom. The van der Waals surface area contributed by atoms with Crippen molar-refractivity contribution in [1.82, 2.24) is 0 Å². The fourth-order valence-corrected chi connectivity index (χ4v) is 1.78. The number of benzene rings is 1. The van der Waals surface area contributed by atoms with E-state index in [2.05, 4.69) is 5.32 Å². The third kappa shape index (κ3) is 4.87. The third-order valence-electron chi connectivity index (χ3n) is 2.84. The molecule has 0 spiro atoms. The zero-order chi connectivity index (χ0) is 17.4. The second-order valence-corrected chi connectivity index (χ2v) is 4.52. The highest BCUT2D eigenvalue weighted by Crippen LogP contribution is 2.29. The van der Waals surface area contributed by atoms with Gasteiger partial charge in [0.15, 0.2) is 0 Å². The van der Waals surface area contributed by atoms with Crippen molar-refractivity contribution in [3.8, 4) is 5.75 Å². The summed E-state index contributed by atoms with van der Waals surface area (Å²) >= 11 is 0. The fraction of sp³-hybridized carbons (Fsp3) is 0.400. The summed E-state index contributed by atoms with van der Waals surface area (Å²) in [5, 5.41) is 21.3. The van der Waals surface area contributed by atoms with Crippen molar-refractivity contribution < 1.29 is 34.1 Å². The molecule has 1 aromatic rings. The molecule has 0 fully saturated rings. The van der Waals surface area contributed by atoms with Gasteiger partial charge in [0.1, 0.15) is 16.9 Å². The summed E-state index contributed by atoms with van der Waals surface area (Å²) < 4.78 is 9.61. The molecule has 0 aromatic heterocycles. The summed E-state index contributed by atoms with van der Waals surface area (Å²) in [5.74, 6) is -3.04. The number of hydrogen-bond donors (Lipinski definition) is 3. The SMILES string of the molecule is CCCCOC(=O)Nc1ccc(O)c(C(=O)OCC)c1C(=O)O. The molecule has 23 heavy (non-hydrogen) atoms. The van der Waals surface area contributed by atoms with Gasteiger partial charge >= 0.3 is 18.0 Å². The molecule has 0 atom stereocenters. The van der Waals surface area contributed by atoms with E-state index >= 15 is 0 Å². The minimum Gasteiger partial charge on any atom is -0.507 e. The van der Waals surface area contributed by atoms with Gasteiger partial charge in [0.05, 0.1) is 18.9 Å². The van der Waals surface area contributed by atoms with E-state index in [4.69, 9.17) is 9.47 Å². The highest BCUT2D eigenvalue weighted by molar-refractivity contribution is 6.09. The largest absolute Gasteiger partial charge is 0.507 e. The van der Waals surface area contributed by atoms with E-state index in [1.807, 2.05) is 6.92 Å². The lowest BCUT2D eigenvalue weighted by molar-refractivity contribution is 0.0511. The van der Waals surface area contributed by atoms with Crippen molar-refractivity contribution in [2.75, 3.05) is 18.5 Å². The van der Waals surface area contributed by atoms with E-state index in [-0.39, 0.29) is 18.9 Å². The van der Waals surface area contributed by atoms with Crippen LogP contribution in [0.15, 0.2) is 12.1 Å². The molecule has 1 amide bonds. The molecule has 0 unspecified atom stereocenters. The number of phenols is 1. The Hall–Kier alpha value is -2.77. The number of amides is 1. The summed E-state index contributed by atoms with van der Waals surface area (Å²) in [6.45, 7) is 3.67. The van der Waals surface area contributed by atoms with Gasteiger partial charge < -0.3 is 19.7 Å². The van der Waals surface area contributed by atoms with Crippen LogP contribution in [0.1, 0.15) is 47.4 Å². The molecule has 1 aromatic carbocycles. The Bertz CT molecular complexity index is 598. The first-order chi connectivity index (χ1) is 10.9. The average Bonchev–Trinajstić information content (AvgIpc) is 2.48. The van der Waals surface area contributed by atoms with Gasteiger partial charge in [0.2, 0.25) is 0 Å². The molecular weight excluding hydrogens is 306 g/mol. The number of rotatable bonds is 7. The molecule has 0 aliphatic rings. The summed E-state index contributed by atoms with van der Waals surface area (Å²) in [6.07, 6.45) is 0.657. The number of nitrogens with one attached hydrogen (secondary N) is 1. The summed E-state index contributed by atoms with van der Waals surface area (Å²) in [4.78, 5) is 34.9. The Balaban J connectivity index is 3.13. The lowest BCUT2D eigenvalue weighted by Gasteiger charge is -2.13. The number of carboxylic acid groups (broad SMARTS) is 1. The molecule has 8 nitrogen and oxygen atoms in total. The van der Waals surface area contributed by atoms with Crippen LogP contribution in [0.2, 0.25) is 0 Å². The van der Waals surface area contributed by atoms with Crippen LogP contribution in [0, 0.1) is 0 Å². The number of carbonyl (C=O) groups excluding carboxylic acids is 2. The first kappa shape index (κ1) is 18.3. The number of hydrogen-bond acceptors (Lipinski definition) is 6. The van der Waals surface area contributed by atoms with Crippen LogP contribution in [-0.4, -0.2) is 41.5 Å². The standard InChI is InChI=1S/C15H19NO7/c1-3-5-8-23-15(21)16-9-6-7-10(17)12(11(9)13(18)19)14(20)22-4-2/h6-7,17H,3-5,8H2,1-2H3,(H,16,21)(H,18,19). The summed E-state index contributed by atoms with van der Waals surface area (Å²) in [7, 11) is 0. The summed E-state index contributed by atoms with van der Waals surface area (Å²) in [6, 6.07) is 2.27. The number of aromatic carboxylic acids is 1. The maximum atomic E-state index is 11.9. The van der Waals surface area contributed by atoms with Crippen LogP contribution in [0.4, 0.5) is 10.5 Å². The van der Waals surface area contributed by atoms with Crippen molar-refractivity contribution in [2.45, 2.75) is 26.7 Å². The molecule has 0 bridgehead atoms. The van der Waals surface area contributed by atoms with E-state index in [1.165, 1.54) is 6.07 Å². The Labute approximate surface area is 133 Å². The molecule has 0 saturated heterocycles. The zero-order valence-corrected chi connectivity index (χ0v) is 12.9. The van der Waals surface area contributed by atoms with Gasteiger partial charge in [-0.15, -0.1) is 0 Å². The van der Waals surface area contributed by atoms with Gasteiger partial charge in [0, 0.05) is 0 Å². The maximum absolute atomic E-state index is 11.9. The lowest BCUT2D eigenvalue weighted by Crippen LogP contribution is -2.19. The second-order valence-electron chi connectivity index (χ2n) is 4.52. The first-order valence-corrected chi connectivity index (χ1v) is 7.12. The van der Waals surface area contributed by atoms with Gasteiger partial charge in [-0.3, -0.25) is 5.32 Å². The molecule has 1 rings (SSSR count). The number of aromatic hydroxyl groups is 1. The predicted octanol–water partition coefficient (Wildman–Crippen LogP) is 2.62. The molecule has 0 aliphatic carbocycles. The number of ether oxygens (including phenoxy) is 2. The van der Waals surface area contributed by atoms with Gasteiger partial charge in [-0.05, 0) is 25.5 Å². The van der Waals surface area contributed by atoms with Crippen molar-refractivity contribution in [1.29, 1.82) is 0 Å². The molecule has 8 heteroatoms. The van der Waals surface area contributed by atoms with E-state index in [0.29, 0.717) is 6.42 Å². The molecule has 0 saturated carbocycles. The Kier molecular flexibility index (Phi) is 6.85. The topological polar surface area (TPSA) is 122 Å². The van der Waals surface area contributed by atoms with Gasteiger partial charge in [-0.25, -0.2) is 14.4 Å². The molecule has 126 valence electrons. The normalized spacial score (nSPS) is 10.0. The Morgan fingerprint density at radius 2 is 1.83 bits per heavy atom. The van der Waals surface area contributed by atoms with Crippen LogP contribution < -0.4 is 5.32 Å². The smallest absolute Gasteiger partial charge is 0.411 e. The highest BCUT2D eigenvalue weighted by Gasteiger charge is 2.26. The van der Waals surface area contributed by atoms with E-state index in [0.717, 1.165) is 12.5 Å². The third-order valence-corrected chi connectivity index (χ3v) is 2.84. The van der Waals surface area contributed by atoms with E-state index < -0.39 is 34.9 Å². The predicted molar refractivity (Wildman–Crippen MR) is 80.9 cm³/mol. The number of anilines is 1. The molecule has 3 N–H and O–H groups in total. The highest BCUT2D eigenvalue weighted by atomic mass is 16.5. The van der Waals surface area contributed by atoms with Crippen LogP contribution in [0.3, 0.4) is 0 Å². The minimum absolute atomic E-state index is 0.00798. The molecular formula is C15H19NO7. The number of unbranched alkanes of at least 4 members (excludes halogenated alkanes) is 1. The van der Waals surface area contributed by atoms with Crippen LogP contribution >= 0.6 is 0 Å². The van der Waals surface area contributed by atoms with Crippen molar-refractivity contribution >= 4 is 23.7 Å². The van der Waals surface area contributed by atoms with Crippen LogP contribution in [0.5, 0.6) is 5.75 Å². The van der Waals surface area contributed by atoms with E-state index in [1.54, 1.807) is 6.92 Å². The maximum Gasteiger partial charge on any atom is 0.411 e. The van der Waals surface area contributed by atoms with Crippen molar-refractivity contribution in [3.05, 3.63) is 23.3 Å². The van der Waals surface area contributed by atoms with Crippen molar-refractivity contribution in [2.24, 2.45) is 0 Å². The van der Waals surface area contributed by atoms with Gasteiger partial charge in [-0.1, -0.05) is 13.3 Å². The quantitative estimate of drug-likeness (QED) is 0.400. The van der Waals surface area contributed by atoms with Gasteiger partial charge in [-0.2, -0.15) is 0 Å². The monoisotopic (exact) mass is 325 g/mol. The van der Waals surface area contributed by atoms with Gasteiger partial charge in [0.25, 0.3) is 0 Å². The average molecular weight is 325 g/mol. The van der Waals surface area contributed by atoms with Crippen molar-refractivity contribution in [3.63, 3.8) is 0 Å². The fourth-order valence-electron chi connectivity index (χ4n) is 1.78. The number of esters is 1. The Morgan fingerprint density at radius 3 is 2.39 bits per heavy atom. The molecule has 0 aliphatic heterocycles. The van der Waals surface area contributed by atoms with E-state index in [9.17, 15) is 24.6 Å². The minimum atomic E-state index is -1.49. The van der Waals surface area contributed by atoms with Crippen LogP contribution in [0.25, 0.3) is 0 Å².